The molecule has 1 rings (SSSR count). The molecule has 1 amide bonds. The highest BCUT2D eigenvalue weighted by molar-refractivity contribution is 7.09. The van der Waals surface area contributed by atoms with Gasteiger partial charge >= 0.3 is 0 Å². The molecule has 0 aromatic carbocycles. The van der Waals surface area contributed by atoms with Gasteiger partial charge in [-0.3, -0.25) is 4.79 Å². The van der Waals surface area contributed by atoms with Crippen LogP contribution in [0.3, 0.4) is 0 Å². The minimum absolute atomic E-state index is 0.0601. The maximum atomic E-state index is 11.5. The van der Waals surface area contributed by atoms with Gasteiger partial charge in [-0.05, 0) is 13.3 Å². The summed E-state index contributed by atoms with van der Waals surface area (Å²) >= 11 is 1.63. The molecule has 0 fully saturated rings. The molecule has 1 aromatic rings. The molecule has 1 unspecified atom stereocenters. The van der Waals surface area contributed by atoms with Gasteiger partial charge in [-0.15, -0.1) is 11.3 Å². The van der Waals surface area contributed by atoms with Gasteiger partial charge in [0.15, 0.2) is 0 Å². The number of carbonyl (C=O) groups is 1. The average molecular weight is 241 g/mol. The molecule has 0 aliphatic rings. The number of rotatable bonds is 6. The number of thiazole rings is 1. The number of aromatic nitrogens is 1. The Kier molecular flexibility index (Phi) is 5.42. The SMILES string of the molecule is CCCC(N)C(=O)NCCc1nc(C)cs1. The van der Waals surface area contributed by atoms with Crippen molar-refractivity contribution in [1.82, 2.24) is 10.3 Å². The van der Waals surface area contributed by atoms with Gasteiger partial charge < -0.3 is 11.1 Å². The molecule has 0 saturated carbocycles. The second-order valence-corrected chi connectivity index (χ2v) is 4.76. The first-order chi connectivity index (χ1) is 7.63. The number of hydrogen-bond acceptors (Lipinski definition) is 4. The maximum Gasteiger partial charge on any atom is 0.236 e. The van der Waals surface area contributed by atoms with Crippen molar-refractivity contribution in [3.63, 3.8) is 0 Å². The van der Waals surface area contributed by atoms with Crippen molar-refractivity contribution < 1.29 is 4.79 Å². The molecule has 16 heavy (non-hydrogen) atoms. The van der Waals surface area contributed by atoms with Crippen molar-refractivity contribution >= 4 is 17.2 Å². The second kappa shape index (κ2) is 6.60. The molecule has 90 valence electrons. The van der Waals surface area contributed by atoms with Crippen LogP contribution >= 0.6 is 11.3 Å². The lowest BCUT2D eigenvalue weighted by Gasteiger charge is -2.10. The van der Waals surface area contributed by atoms with E-state index in [0.717, 1.165) is 30.0 Å². The quantitative estimate of drug-likeness (QED) is 0.787. The molecule has 3 N–H and O–H groups in total. The summed E-state index contributed by atoms with van der Waals surface area (Å²) in [5.74, 6) is -0.0601. The Morgan fingerprint density at radius 2 is 2.44 bits per heavy atom. The first-order valence-electron chi connectivity index (χ1n) is 5.57. The Morgan fingerprint density at radius 1 is 1.69 bits per heavy atom. The largest absolute Gasteiger partial charge is 0.354 e. The van der Waals surface area contributed by atoms with E-state index in [1.807, 2.05) is 19.2 Å². The Balaban J connectivity index is 2.22. The van der Waals surface area contributed by atoms with Gasteiger partial charge in [-0.1, -0.05) is 13.3 Å². The molecular weight excluding hydrogens is 222 g/mol. The minimum Gasteiger partial charge on any atom is -0.354 e. The predicted octanol–water partition coefficient (Wildman–Crippen LogP) is 1.24. The molecule has 0 aliphatic heterocycles. The lowest BCUT2D eigenvalue weighted by Crippen LogP contribution is -2.41. The Labute approximate surface area is 100 Å². The third-order valence-electron chi connectivity index (χ3n) is 2.24. The van der Waals surface area contributed by atoms with E-state index in [2.05, 4.69) is 10.3 Å². The average Bonchev–Trinajstić information content (AvgIpc) is 2.64. The Hall–Kier alpha value is -0.940. The first-order valence-corrected chi connectivity index (χ1v) is 6.45. The van der Waals surface area contributed by atoms with E-state index < -0.39 is 0 Å². The molecule has 1 heterocycles. The van der Waals surface area contributed by atoms with Crippen molar-refractivity contribution in [3.8, 4) is 0 Å². The van der Waals surface area contributed by atoms with Gasteiger partial charge in [-0.2, -0.15) is 0 Å². The fraction of sp³-hybridized carbons (Fsp3) is 0.636. The highest BCUT2D eigenvalue weighted by Gasteiger charge is 2.11. The summed E-state index contributed by atoms with van der Waals surface area (Å²) in [7, 11) is 0. The van der Waals surface area contributed by atoms with E-state index in [1.165, 1.54) is 0 Å². The van der Waals surface area contributed by atoms with Crippen molar-refractivity contribution in [1.29, 1.82) is 0 Å². The summed E-state index contributed by atoms with van der Waals surface area (Å²) in [5.41, 5.74) is 6.72. The number of nitrogens with one attached hydrogen (secondary N) is 1. The van der Waals surface area contributed by atoms with Crippen molar-refractivity contribution in [2.24, 2.45) is 5.73 Å². The predicted molar refractivity (Wildman–Crippen MR) is 66.4 cm³/mol. The standard InChI is InChI=1S/C11H19N3OS/c1-3-4-9(12)11(15)13-6-5-10-14-8(2)7-16-10/h7,9H,3-6,12H2,1-2H3,(H,13,15). The van der Waals surface area contributed by atoms with E-state index in [1.54, 1.807) is 11.3 Å². The molecule has 1 aromatic heterocycles. The monoisotopic (exact) mass is 241 g/mol. The van der Waals surface area contributed by atoms with Crippen molar-refractivity contribution in [2.45, 2.75) is 39.2 Å². The van der Waals surface area contributed by atoms with E-state index in [9.17, 15) is 4.79 Å². The minimum atomic E-state index is -0.372. The van der Waals surface area contributed by atoms with E-state index in [0.29, 0.717) is 6.54 Å². The maximum absolute atomic E-state index is 11.5. The summed E-state index contributed by atoms with van der Waals surface area (Å²) in [6.45, 7) is 4.60. The molecule has 0 bridgehead atoms. The van der Waals surface area contributed by atoms with Crippen LogP contribution in [0.1, 0.15) is 30.5 Å². The number of nitrogens with zero attached hydrogens (tertiary/aromatic N) is 1. The molecule has 0 spiro atoms. The van der Waals surface area contributed by atoms with Gasteiger partial charge in [0.05, 0.1) is 11.0 Å². The molecule has 5 heteroatoms. The molecule has 0 aliphatic carbocycles. The van der Waals surface area contributed by atoms with Crippen LogP contribution in [0.4, 0.5) is 0 Å². The van der Waals surface area contributed by atoms with E-state index in [4.69, 9.17) is 5.73 Å². The Bertz CT molecular complexity index is 338. The molecule has 0 saturated heterocycles. The zero-order valence-corrected chi connectivity index (χ0v) is 10.6. The van der Waals surface area contributed by atoms with Crippen LogP contribution in [-0.2, 0) is 11.2 Å². The zero-order valence-electron chi connectivity index (χ0n) is 9.82. The summed E-state index contributed by atoms with van der Waals surface area (Å²) in [6.07, 6.45) is 2.45. The lowest BCUT2D eigenvalue weighted by atomic mass is 10.2. The zero-order chi connectivity index (χ0) is 12.0. The third-order valence-corrected chi connectivity index (χ3v) is 3.27. The number of aryl methyl sites for hydroxylation is 1. The summed E-state index contributed by atoms with van der Waals surface area (Å²) in [6, 6.07) is -0.372. The third kappa shape index (κ3) is 4.28. The van der Waals surface area contributed by atoms with Crippen LogP contribution in [0.2, 0.25) is 0 Å². The van der Waals surface area contributed by atoms with Crippen LogP contribution in [0.5, 0.6) is 0 Å². The Morgan fingerprint density at radius 3 is 3.00 bits per heavy atom. The summed E-state index contributed by atoms with van der Waals surface area (Å²) < 4.78 is 0. The number of nitrogens with two attached hydrogens (primary N) is 1. The van der Waals surface area contributed by atoms with Crippen LogP contribution in [0.15, 0.2) is 5.38 Å². The second-order valence-electron chi connectivity index (χ2n) is 3.82. The van der Waals surface area contributed by atoms with Gasteiger partial charge in [0.25, 0.3) is 0 Å². The van der Waals surface area contributed by atoms with Crippen LogP contribution in [0, 0.1) is 6.92 Å². The summed E-state index contributed by atoms with van der Waals surface area (Å²) in [4.78, 5) is 15.8. The van der Waals surface area contributed by atoms with Crippen LogP contribution in [0.25, 0.3) is 0 Å². The van der Waals surface area contributed by atoms with Crippen molar-refractivity contribution in [3.05, 3.63) is 16.1 Å². The van der Waals surface area contributed by atoms with E-state index >= 15 is 0 Å². The fourth-order valence-electron chi connectivity index (χ4n) is 1.38. The fourth-order valence-corrected chi connectivity index (χ4v) is 2.16. The number of amides is 1. The molecule has 4 nitrogen and oxygen atoms in total. The van der Waals surface area contributed by atoms with Gasteiger partial charge in [0.2, 0.25) is 5.91 Å². The van der Waals surface area contributed by atoms with Gasteiger partial charge in [0.1, 0.15) is 0 Å². The highest BCUT2D eigenvalue weighted by atomic mass is 32.1. The highest BCUT2D eigenvalue weighted by Crippen LogP contribution is 2.08. The normalized spacial score (nSPS) is 12.4. The van der Waals surface area contributed by atoms with E-state index in [-0.39, 0.29) is 11.9 Å². The number of hydrogen-bond donors (Lipinski definition) is 2. The molecule has 1 atom stereocenters. The van der Waals surface area contributed by atoms with Gasteiger partial charge in [-0.25, -0.2) is 4.98 Å². The first kappa shape index (κ1) is 13.1. The molecular formula is C11H19N3OS. The molecule has 0 radical (unpaired) electrons. The summed E-state index contributed by atoms with van der Waals surface area (Å²) in [5, 5.41) is 5.90. The van der Waals surface area contributed by atoms with Gasteiger partial charge in [0, 0.05) is 24.0 Å². The topological polar surface area (TPSA) is 68.0 Å². The lowest BCUT2D eigenvalue weighted by molar-refractivity contribution is -0.122. The smallest absolute Gasteiger partial charge is 0.236 e. The number of carbonyl (C=O) groups excluding carboxylic acids is 1. The van der Waals surface area contributed by atoms with Crippen LogP contribution < -0.4 is 11.1 Å². The van der Waals surface area contributed by atoms with Crippen molar-refractivity contribution in [2.75, 3.05) is 6.54 Å². The van der Waals surface area contributed by atoms with Crippen LogP contribution in [-0.4, -0.2) is 23.5 Å².